The van der Waals surface area contributed by atoms with Gasteiger partial charge in [0.05, 0.1) is 6.26 Å². The lowest BCUT2D eigenvalue weighted by Crippen LogP contribution is -2.27. The summed E-state index contributed by atoms with van der Waals surface area (Å²) in [5.41, 5.74) is 4.21. The van der Waals surface area contributed by atoms with Gasteiger partial charge in [-0.2, -0.15) is 0 Å². The maximum absolute atomic E-state index is 8.96. The number of aliphatic hydroxyl groups is 1. The summed E-state index contributed by atoms with van der Waals surface area (Å²) in [5.74, 6) is 0. The van der Waals surface area contributed by atoms with E-state index in [4.69, 9.17) is 27.8 Å². The Hall–Kier alpha value is -0.213. The quantitative estimate of drug-likeness (QED) is 0.377. The summed E-state index contributed by atoms with van der Waals surface area (Å²) in [7, 11) is -4.36. The minimum atomic E-state index is -2.63. The standard InChI is InChI=1S/C6H16O3Si.C2H4O.H4NO2P/c1-4-7-10(8-5-2)9-6-3;1-2-3;1-4(2)3/h10H,4-6H2,1-3H3;2-3H,1H2;4H,(H3,1,2,3). The molecule has 0 aliphatic heterocycles. The number of aliphatic hydroxyl groups excluding tert-OH is 1. The molecular formula is C8H24NO6PSi. The van der Waals surface area contributed by atoms with Gasteiger partial charge < -0.3 is 23.3 Å². The van der Waals surface area contributed by atoms with Crippen LogP contribution in [0.15, 0.2) is 12.8 Å². The molecule has 0 spiro atoms. The zero-order valence-corrected chi connectivity index (χ0v) is 12.7. The fourth-order valence-electron chi connectivity index (χ4n) is 0.553. The molecule has 0 aliphatic carbocycles. The van der Waals surface area contributed by atoms with Crippen molar-refractivity contribution in [3.05, 3.63) is 12.8 Å². The van der Waals surface area contributed by atoms with Crippen molar-refractivity contribution in [2.45, 2.75) is 20.8 Å². The molecule has 0 saturated carbocycles. The van der Waals surface area contributed by atoms with E-state index in [0.717, 1.165) is 6.26 Å². The largest absolute Gasteiger partial charge is 0.516 e. The molecule has 0 aromatic heterocycles. The van der Waals surface area contributed by atoms with Crippen molar-refractivity contribution in [2.75, 3.05) is 19.8 Å². The number of nitrogens with two attached hydrogens (primary N) is 1. The molecule has 0 bridgehead atoms. The van der Waals surface area contributed by atoms with Crippen LogP contribution in [-0.2, 0) is 17.8 Å². The van der Waals surface area contributed by atoms with Crippen molar-refractivity contribution >= 4 is 17.7 Å². The Labute approximate surface area is 105 Å². The van der Waals surface area contributed by atoms with Crippen LogP contribution in [0.4, 0.5) is 0 Å². The average molecular weight is 289 g/mol. The van der Waals surface area contributed by atoms with Gasteiger partial charge in [-0.05, 0) is 20.8 Å². The second-order valence-corrected chi connectivity index (χ2v) is 4.43. The van der Waals surface area contributed by atoms with E-state index in [1.54, 1.807) is 0 Å². The average Bonchev–Trinajstić information content (AvgIpc) is 2.19. The lowest BCUT2D eigenvalue weighted by Gasteiger charge is -2.12. The second kappa shape index (κ2) is 21.1. The maximum atomic E-state index is 8.96. The molecule has 0 radical (unpaired) electrons. The predicted molar refractivity (Wildman–Crippen MR) is 70.3 cm³/mol. The van der Waals surface area contributed by atoms with Gasteiger partial charge in [-0.25, -0.2) is 0 Å². The molecule has 0 saturated heterocycles. The van der Waals surface area contributed by atoms with Crippen molar-refractivity contribution in [1.29, 1.82) is 0 Å². The molecule has 1 atom stereocenters. The normalized spacial score (nSPS) is 10.7. The molecule has 1 unspecified atom stereocenters. The first-order valence-electron chi connectivity index (χ1n) is 5.08. The highest BCUT2D eigenvalue weighted by Gasteiger charge is 2.11. The number of hydrogen-bond acceptors (Lipinski definition) is 5. The SMILES string of the molecule is C=CO.CCO[SiH](OCC)OCC.N[PH](=O)O. The molecule has 0 rings (SSSR count). The van der Waals surface area contributed by atoms with E-state index in [1.807, 2.05) is 20.8 Å². The Balaban J connectivity index is -0.000000232. The van der Waals surface area contributed by atoms with Crippen LogP contribution in [0.1, 0.15) is 20.8 Å². The molecule has 17 heavy (non-hydrogen) atoms. The highest BCUT2D eigenvalue weighted by Crippen LogP contribution is 1.91. The van der Waals surface area contributed by atoms with Crippen LogP contribution in [0.5, 0.6) is 0 Å². The molecule has 9 heteroatoms. The fourth-order valence-corrected chi connectivity index (χ4v) is 1.66. The molecule has 0 aliphatic rings. The van der Waals surface area contributed by atoms with Gasteiger partial charge in [0, 0.05) is 19.8 Å². The lowest BCUT2D eigenvalue weighted by atomic mass is 10.9. The monoisotopic (exact) mass is 289 g/mol. The van der Waals surface area contributed by atoms with Crippen molar-refractivity contribution in [3.63, 3.8) is 0 Å². The van der Waals surface area contributed by atoms with Crippen LogP contribution in [0.25, 0.3) is 0 Å². The maximum Gasteiger partial charge on any atom is 0.484 e. The molecule has 0 heterocycles. The van der Waals surface area contributed by atoms with Gasteiger partial charge in [0.15, 0.2) is 0 Å². The van der Waals surface area contributed by atoms with Crippen molar-refractivity contribution in [1.82, 2.24) is 0 Å². The third kappa shape index (κ3) is 38.9. The molecule has 0 aromatic rings. The van der Waals surface area contributed by atoms with Crippen LogP contribution >= 0.6 is 8.18 Å². The highest BCUT2D eigenvalue weighted by molar-refractivity contribution is 7.35. The summed E-state index contributed by atoms with van der Waals surface area (Å²) >= 11 is 0. The van der Waals surface area contributed by atoms with E-state index in [2.05, 4.69) is 12.1 Å². The van der Waals surface area contributed by atoms with E-state index >= 15 is 0 Å². The first-order valence-corrected chi connectivity index (χ1v) is 7.92. The van der Waals surface area contributed by atoms with Gasteiger partial charge >= 0.3 is 9.53 Å². The zero-order chi connectivity index (χ0) is 14.1. The Morgan fingerprint density at radius 3 is 1.53 bits per heavy atom. The van der Waals surface area contributed by atoms with Gasteiger partial charge in [-0.1, -0.05) is 6.58 Å². The Bertz CT molecular complexity index is 156. The van der Waals surface area contributed by atoms with Gasteiger partial charge in [-0.3, -0.25) is 10.1 Å². The van der Waals surface area contributed by atoms with Crippen molar-refractivity contribution in [2.24, 2.45) is 5.50 Å². The van der Waals surface area contributed by atoms with Crippen LogP contribution in [0, 0.1) is 0 Å². The van der Waals surface area contributed by atoms with E-state index in [1.165, 1.54) is 0 Å². The molecule has 106 valence electrons. The van der Waals surface area contributed by atoms with E-state index < -0.39 is 17.7 Å². The summed E-state index contributed by atoms with van der Waals surface area (Å²) < 4.78 is 24.6. The lowest BCUT2D eigenvalue weighted by molar-refractivity contribution is 0.107. The van der Waals surface area contributed by atoms with E-state index in [9.17, 15) is 0 Å². The summed E-state index contributed by atoms with van der Waals surface area (Å²) in [5, 5.41) is 7.33. The second-order valence-electron chi connectivity index (χ2n) is 2.18. The molecule has 0 fully saturated rings. The topological polar surface area (TPSA) is 111 Å². The highest BCUT2D eigenvalue weighted by atomic mass is 31.1. The Kier molecular flexibility index (Phi) is 27.3. The van der Waals surface area contributed by atoms with Gasteiger partial charge in [-0.15, -0.1) is 0 Å². The van der Waals surface area contributed by atoms with Crippen LogP contribution in [0.3, 0.4) is 0 Å². The van der Waals surface area contributed by atoms with Gasteiger partial charge in [0.1, 0.15) is 0 Å². The van der Waals surface area contributed by atoms with E-state index in [0.29, 0.717) is 19.8 Å². The Morgan fingerprint density at radius 1 is 1.24 bits per heavy atom. The van der Waals surface area contributed by atoms with Crippen molar-refractivity contribution < 1.29 is 27.8 Å². The zero-order valence-electron chi connectivity index (χ0n) is 10.6. The van der Waals surface area contributed by atoms with Crippen molar-refractivity contribution in [3.8, 4) is 0 Å². The first-order chi connectivity index (χ1) is 7.99. The van der Waals surface area contributed by atoms with Crippen LogP contribution in [0.2, 0.25) is 0 Å². The Morgan fingerprint density at radius 2 is 1.41 bits per heavy atom. The molecule has 4 N–H and O–H groups in total. The van der Waals surface area contributed by atoms with Gasteiger partial charge in [0.2, 0.25) is 0 Å². The minimum absolute atomic E-state index is 0.677. The minimum Gasteiger partial charge on any atom is -0.516 e. The first kappa shape index (κ1) is 22.0. The van der Waals surface area contributed by atoms with E-state index in [-0.39, 0.29) is 0 Å². The number of hydrogen-bond donors (Lipinski definition) is 3. The van der Waals surface area contributed by atoms with Crippen LogP contribution in [-0.4, -0.2) is 39.3 Å². The van der Waals surface area contributed by atoms with Crippen LogP contribution < -0.4 is 5.50 Å². The molecule has 0 amide bonds. The smallest absolute Gasteiger partial charge is 0.484 e. The molecule has 0 aromatic carbocycles. The molecule has 7 nitrogen and oxygen atoms in total. The summed E-state index contributed by atoms with van der Waals surface area (Å²) in [6.07, 6.45) is 0.750. The predicted octanol–water partition coefficient (Wildman–Crippen LogP) is 0.828. The summed E-state index contributed by atoms with van der Waals surface area (Å²) in [4.78, 5) is 7.38. The third-order valence-electron chi connectivity index (χ3n) is 0.908. The number of rotatable bonds is 6. The molecular weight excluding hydrogens is 265 g/mol. The fraction of sp³-hybridized carbons (Fsp3) is 0.750. The third-order valence-corrected chi connectivity index (χ3v) is 2.72. The van der Waals surface area contributed by atoms with Gasteiger partial charge in [0.25, 0.3) is 8.18 Å². The summed E-state index contributed by atoms with van der Waals surface area (Å²) in [6, 6.07) is 0. The summed E-state index contributed by atoms with van der Waals surface area (Å²) in [6.45, 7) is 10.8.